The minimum Gasteiger partial charge on any atom is -0.323 e. The first kappa shape index (κ1) is 19.8. The van der Waals surface area contributed by atoms with Gasteiger partial charge < -0.3 is 10.6 Å². The van der Waals surface area contributed by atoms with Crippen LogP contribution in [0.15, 0.2) is 47.2 Å². The van der Waals surface area contributed by atoms with Crippen molar-refractivity contribution in [3.05, 3.63) is 58.6 Å². The van der Waals surface area contributed by atoms with E-state index in [1.807, 2.05) is 32.0 Å². The summed E-state index contributed by atoms with van der Waals surface area (Å²) >= 11 is 3.40. The van der Waals surface area contributed by atoms with Crippen molar-refractivity contribution in [2.75, 3.05) is 10.6 Å². The first-order chi connectivity index (χ1) is 13.5. The third kappa shape index (κ3) is 4.66. The number of anilines is 2. The quantitative estimate of drug-likeness (QED) is 0.583. The van der Waals surface area contributed by atoms with Gasteiger partial charge in [-0.15, -0.1) is 0 Å². The molecule has 0 bridgehead atoms. The lowest BCUT2D eigenvalue weighted by atomic mass is 10.3. The van der Waals surface area contributed by atoms with Crippen LogP contribution in [0.3, 0.4) is 0 Å². The Morgan fingerprint density at radius 3 is 2.57 bits per heavy atom. The molecule has 0 aliphatic carbocycles. The molecule has 2 heterocycles. The van der Waals surface area contributed by atoms with E-state index in [-0.39, 0.29) is 23.9 Å². The number of rotatable bonds is 7. The second kappa shape index (κ2) is 8.83. The second-order valence-electron chi connectivity index (χ2n) is 6.17. The van der Waals surface area contributed by atoms with E-state index in [9.17, 15) is 9.59 Å². The van der Waals surface area contributed by atoms with Crippen LogP contribution in [0.4, 0.5) is 11.4 Å². The molecule has 2 amide bonds. The highest BCUT2D eigenvalue weighted by atomic mass is 79.9. The Morgan fingerprint density at radius 2 is 1.93 bits per heavy atom. The Balaban J connectivity index is 1.68. The fraction of sp³-hybridized carbons (Fsp3) is 0.263. The van der Waals surface area contributed by atoms with Gasteiger partial charge in [-0.05, 0) is 41.9 Å². The fourth-order valence-corrected chi connectivity index (χ4v) is 2.92. The number of para-hydroxylation sites is 1. The highest BCUT2D eigenvalue weighted by Gasteiger charge is 2.19. The smallest absolute Gasteiger partial charge is 0.278 e. The number of carbonyl (C=O) groups excluding carboxylic acids is 2. The number of halogens is 1. The molecular weight excluding hydrogens is 424 g/mol. The van der Waals surface area contributed by atoms with E-state index in [1.165, 1.54) is 0 Å². The molecule has 8 nitrogen and oxygen atoms in total. The van der Waals surface area contributed by atoms with E-state index in [2.05, 4.69) is 36.8 Å². The van der Waals surface area contributed by atoms with Gasteiger partial charge in [0, 0.05) is 30.5 Å². The van der Waals surface area contributed by atoms with E-state index in [0.29, 0.717) is 24.5 Å². The van der Waals surface area contributed by atoms with Crippen LogP contribution in [0.5, 0.6) is 0 Å². The van der Waals surface area contributed by atoms with E-state index >= 15 is 0 Å². The summed E-state index contributed by atoms with van der Waals surface area (Å²) in [7, 11) is 0. The van der Waals surface area contributed by atoms with Crippen LogP contribution in [0.25, 0.3) is 0 Å². The Bertz CT molecular complexity index is 980. The van der Waals surface area contributed by atoms with Crippen molar-refractivity contribution in [3.63, 3.8) is 0 Å². The van der Waals surface area contributed by atoms with Crippen LogP contribution in [-0.2, 0) is 17.9 Å². The molecular formula is C19H21BrN6O2. The number of benzene rings is 1. The largest absolute Gasteiger partial charge is 0.323 e. The van der Waals surface area contributed by atoms with Crippen molar-refractivity contribution >= 4 is 39.1 Å². The summed E-state index contributed by atoms with van der Waals surface area (Å²) in [5.74, 6) is -0.587. The summed E-state index contributed by atoms with van der Waals surface area (Å²) in [5.41, 5.74) is 2.18. The zero-order valence-electron chi connectivity index (χ0n) is 15.6. The highest BCUT2D eigenvalue weighted by molar-refractivity contribution is 9.10. The Kier molecular flexibility index (Phi) is 6.25. The Hall–Kier alpha value is -2.94. The topological polar surface area (TPSA) is 93.8 Å². The molecule has 0 radical (unpaired) electrons. The third-order valence-corrected chi connectivity index (χ3v) is 4.98. The maximum atomic E-state index is 12.6. The molecule has 0 aliphatic heterocycles. The normalized spacial score (nSPS) is 10.7. The first-order valence-corrected chi connectivity index (χ1v) is 9.68. The van der Waals surface area contributed by atoms with Gasteiger partial charge in [0.1, 0.15) is 0 Å². The zero-order chi connectivity index (χ0) is 20.1. The molecule has 0 spiro atoms. The average molecular weight is 445 g/mol. The van der Waals surface area contributed by atoms with Gasteiger partial charge in [0.15, 0.2) is 5.69 Å². The van der Waals surface area contributed by atoms with Crippen molar-refractivity contribution in [3.8, 4) is 0 Å². The van der Waals surface area contributed by atoms with Gasteiger partial charge in [0.25, 0.3) is 5.91 Å². The number of amides is 2. The summed E-state index contributed by atoms with van der Waals surface area (Å²) in [5, 5.41) is 14.1. The molecule has 0 fully saturated rings. The number of nitrogens with zero attached hydrogens (tertiary/aromatic N) is 4. The molecule has 3 rings (SSSR count). The molecule has 1 aromatic carbocycles. The van der Waals surface area contributed by atoms with Gasteiger partial charge in [0.2, 0.25) is 5.91 Å². The van der Waals surface area contributed by atoms with E-state index in [0.717, 1.165) is 10.2 Å². The lowest BCUT2D eigenvalue weighted by Crippen LogP contribution is -2.19. The van der Waals surface area contributed by atoms with Crippen LogP contribution in [0.1, 0.15) is 29.5 Å². The number of aromatic nitrogens is 4. The van der Waals surface area contributed by atoms with E-state index in [4.69, 9.17) is 0 Å². The average Bonchev–Trinajstić information content (AvgIpc) is 3.24. The maximum Gasteiger partial charge on any atom is 0.278 e. The lowest BCUT2D eigenvalue weighted by molar-refractivity contribution is -0.116. The van der Waals surface area contributed by atoms with Gasteiger partial charge in [0.05, 0.1) is 22.9 Å². The van der Waals surface area contributed by atoms with Crippen LogP contribution in [0, 0.1) is 6.92 Å². The predicted octanol–water partition coefficient (Wildman–Crippen LogP) is 3.45. The molecule has 0 saturated heterocycles. The number of hydrogen-bond acceptors (Lipinski definition) is 4. The third-order valence-electron chi connectivity index (χ3n) is 4.20. The van der Waals surface area contributed by atoms with Crippen LogP contribution in [-0.4, -0.2) is 31.4 Å². The molecule has 28 heavy (non-hydrogen) atoms. The van der Waals surface area contributed by atoms with E-state index in [1.54, 1.807) is 33.9 Å². The Labute approximate surface area is 171 Å². The molecule has 2 N–H and O–H groups in total. The highest BCUT2D eigenvalue weighted by Crippen LogP contribution is 2.18. The second-order valence-corrected chi connectivity index (χ2v) is 7.02. The molecule has 9 heteroatoms. The standard InChI is InChI=1S/C19H21BrN6O2/c1-3-25-12-16(18(24-25)19(28)22-14-7-5-4-6-8-14)23-17(27)9-10-26-13(2)15(20)11-21-26/h4-8,11-12H,3,9-10H2,1-2H3,(H,22,28)(H,23,27). The van der Waals surface area contributed by atoms with Gasteiger partial charge in [-0.25, -0.2) is 0 Å². The molecule has 0 aliphatic rings. The van der Waals surface area contributed by atoms with Gasteiger partial charge >= 0.3 is 0 Å². The van der Waals surface area contributed by atoms with Crippen molar-refractivity contribution in [2.45, 2.75) is 33.4 Å². The molecule has 2 aromatic heterocycles. The minimum atomic E-state index is -0.374. The summed E-state index contributed by atoms with van der Waals surface area (Å²) in [6.07, 6.45) is 3.59. The van der Waals surface area contributed by atoms with Gasteiger partial charge in [-0.1, -0.05) is 18.2 Å². The Morgan fingerprint density at radius 1 is 1.18 bits per heavy atom. The molecule has 0 atom stereocenters. The number of aryl methyl sites for hydroxylation is 2. The fourth-order valence-electron chi connectivity index (χ4n) is 2.62. The van der Waals surface area contributed by atoms with E-state index < -0.39 is 0 Å². The lowest BCUT2D eigenvalue weighted by Gasteiger charge is -2.07. The maximum absolute atomic E-state index is 12.6. The molecule has 0 unspecified atom stereocenters. The van der Waals surface area contributed by atoms with Crippen LogP contribution in [0.2, 0.25) is 0 Å². The minimum absolute atomic E-state index is 0.178. The number of carbonyl (C=O) groups is 2. The summed E-state index contributed by atoms with van der Waals surface area (Å²) in [6.45, 7) is 4.86. The van der Waals surface area contributed by atoms with Crippen molar-refractivity contribution in [1.29, 1.82) is 0 Å². The molecule has 0 saturated carbocycles. The van der Waals surface area contributed by atoms with Crippen molar-refractivity contribution in [2.24, 2.45) is 0 Å². The number of hydrogen-bond donors (Lipinski definition) is 2. The first-order valence-electron chi connectivity index (χ1n) is 8.89. The molecule has 146 valence electrons. The number of nitrogens with one attached hydrogen (secondary N) is 2. The summed E-state index contributed by atoms with van der Waals surface area (Å²) in [6, 6.07) is 9.11. The van der Waals surface area contributed by atoms with Crippen molar-refractivity contribution < 1.29 is 9.59 Å². The summed E-state index contributed by atoms with van der Waals surface area (Å²) in [4.78, 5) is 25.0. The van der Waals surface area contributed by atoms with Crippen LogP contribution < -0.4 is 10.6 Å². The monoisotopic (exact) mass is 444 g/mol. The SMILES string of the molecule is CCn1cc(NC(=O)CCn2ncc(Br)c2C)c(C(=O)Nc2ccccc2)n1. The van der Waals surface area contributed by atoms with Gasteiger partial charge in [-0.3, -0.25) is 19.0 Å². The summed E-state index contributed by atoms with van der Waals surface area (Å²) < 4.78 is 4.27. The van der Waals surface area contributed by atoms with Crippen molar-refractivity contribution in [1.82, 2.24) is 19.6 Å². The van der Waals surface area contributed by atoms with Gasteiger partial charge in [-0.2, -0.15) is 10.2 Å². The zero-order valence-corrected chi connectivity index (χ0v) is 17.2. The molecule has 3 aromatic rings. The predicted molar refractivity (Wildman–Crippen MR) is 110 cm³/mol. The van der Waals surface area contributed by atoms with Crippen LogP contribution >= 0.6 is 15.9 Å².